The number of thiophene rings is 1. The standard InChI is InChI=1S/C19H25BrN4OS.HI/c1-21-19(24(4)13-16-8-9-17(20)26-16)22-11-10-14-6-5-7-15(12-14)18(25)23(2)3;/h5-9,12H,10-11,13H2,1-4H3,(H,21,22);1H. The number of halogens is 2. The van der Waals surface area contributed by atoms with E-state index in [0.29, 0.717) is 0 Å². The smallest absolute Gasteiger partial charge is 0.253 e. The van der Waals surface area contributed by atoms with Gasteiger partial charge in [-0.25, -0.2) is 0 Å². The molecule has 0 spiro atoms. The minimum Gasteiger partial charge on any atom is -0.356 e. The molecule has 1 aromatic carbocycles. The zero-order valence-electron chi connectivity index (χ0n) is 16.0. The number of carbonyl (C=O) groups excluding carboxylic acids is 1. The Labute approximate surface area is 191 Å². The van der Waals surface area contributed by atoms with Crippen LogP contribution < -0.4 is 5.32 Å². The van der Waals surface area contributed by atoms with E-state index in [-0.39, 0.29) is 29.9 Å². The van der Waals surface area contributed by atoms with Gasteiger partial charge in [-0.05, 0) is 52.2 Å². The van der Waals surface area contributed by atoms with Crippen molar-refractivity contribution in [3.05, 3.63) is 56.2 Å². The van der Waals surface area contributed by atoms with Crippen LogP contribution in [0.1, 0.15) is 20.8 Å². The number of carbonyl (C=O) groups is 1. The van der Waals surface area contributed by atoms with Gasteiger partial charge in [0.1, 0.15) is 0 Å². The van der Waals surface area contributed by atoms with Crippen LogP contribution in [0, 0.1) is 0 Å². The predicted octanol–water partition coefficient (Wildman–Crippen LogP) is 4.08. The Kier molecular flexibility index (Phi) is 10.3. The molecule has 0 aliphatic heterocycles. The summed E-state index contributed by atoms with van der Waals surface area (Å²) in [5, 5.41) is 3.39. The van der Waals surface area contributed by atoms with Crippen molar-refractivity contribution >= 4 is 63.1 Å². The second-order valence-electron chi connectivity index (χ2n) is 6.19. The molecule has 2 aromatic rings. The Balaban J connectivity index is 0.00000364. The van der Waals surface area contributed by atoms with Crippen molar-refractivity contribution in [2.45, 2.75) is 13.0 Å². The molecule has 27 heavy (non-hydrogen) atoms. The first-order valence-electron chi connectivity index (χ1n) is 8.37. The molecule has 5 nitrogen and oxygen atoms in total. The van der Waals surface area contributed by atoms with Crippen LogP contribution in [0.25, 0.3) is 0 Å². The van der Waals surface area contributed by atoms with Gasteiger partial charge in [-0.1, -0.05) is 12.1 Å². The lowest BCUT2D eigenvalue weighted by atomic mass is 10.1. The van der Waals surface area contributed by atoms with Gasteiger partial charge in [0, 0.05) is 45.2 Å². The highest BCUT2D eigenvalue weighted by atomic mass is 127. The minimum absolute atomic E-state index is 0. The fourth-order valence-electron chi connectivity index (χ4n) is 2.57. The molecule has 0 atom stereocenters. The van der Waals surface area contributed by atoms with Crippen LogP contribution in [0.4, 0.5) is 0 Å². The number of guanidine groups is 1. The van der Waals surface area contributed by atoms with Crippen LogP contribution in [0.2, 0.25) is 0 Å². The fraction of sp³-hybridized carbons (Fsp3) is 0.368. The van der Waals surface area contributed by atoms with Crippen molar-refractivity contribution < 1.29 is 4.79 Å². The first-order chi connectivity index (χ1) is 12.4. The second-order valence-corrected chi connectivity index (χ2v) is 8.73. The van der Waals surface area contributed by atoms with Gasteiger partial charge in [0.25, 0.3) is 5.91 Å². The number of nitrogens with one attached hydrogen (secondary N) is 1. The van der Waals surface area contributed by atoms with Crippen molar-refractivity contribution in [3.8, 4) is 0 Å². The van der Waals surface area contributed by atoms with Crippen molar-refractivity contribution in [1.82, 2.24) is 15.1 Å². The Hall–Kier alpha value is -1.13. The molecule has 1 heterocycles. The molecule has 0 fully saturated rings. The molecule has 0 aliphatic rings. The minimum atomic E-state index is 0. The van der Waals surface area contributed by atoms with Crippen LogP contribution in [-0.2, 0) is 13.0 Å². The van der Waals surface area contributed by atoms with E-state index in [2.05, 4.69) is 43.3 Å². The number of benzene rings is 1. The third kappa shape index (κ3) is 7.42. The molecule has 0 unspecified atom stereocenters. The number of amides is 1. The summed E-state index contributed by atoms with van der Waals surface area (Å²) in [5.41, 5.74) is 1.85. The molecule has 8 heteroatoms. The molecule has 1 N–H and O–H groups in total. The SMILES string of the molecule is CN=C(NCCc1cccc(C(=O)N(C)C)c1)N(C)Cc1ccc(Br)s1.I. The lowest BCUT2D eigenvalue weighted by Gasteiger charge is -2.21. The maximum atomic E-state index is 12.1. The quantitative estimate of drug-likeness (QED) is 0.327. The van der Waals surface area contributed by atoms with Gasteiger partial charge in [-0.2, -0.15) is 0 Å². The molecule has 1 amide bonds. The molecule has 0 radical (unpaired) electrons. The van der Waals surface area contributed by atoms with E-state index in [1.807, 2.05) is 31.3 Å². The highest BCUT2D eigenvalue weighted by Gasteiger charge is 2.10. The van der Waals surface area contributed by atoms with E-state index in [4.69, 9.17) is 0 Å². The summed E-state index contributed by atoms with van der Waals surface area (Å²) in [5.74, 6) is 0.882. The second kappa shape index (κ2) is 11.7. The van der Waals surface area contributed by atoms with E-state index >= 15 is 0 Å². The molecule has 2 rings (SSSR count). The van der Waals surface area contributed by atoms with E-state index in [0.717, 1.165) is 40.4 Å². The maximum Gasteiger partial charge on any atom is 0.253 e. The molecular formula is C19H26BrIN4OS. The van der Waals surface area contributed by atoms with Crippen molar-refractivity contribution in [2.75, 3.05) is 34.7 Å². The molecular weight excluding hydrogens is 539 g/mol. The van der Waals surface area contributed by atoms with E-state index < -0.39 is 0 Å². The predicted molar refractivity (Wildman–Crippen MR) is 128 cm³/mol. The first kappa shape index (κ1) is 23.9. The molecule has 1 aromatic heterocycles. The molecule has 0 saturated carbocycles. The highest BCUT2D eigenvalue weighted by Crippen LogP contribution is 2.22. The van der Waals surface area contributed by atoms with E-state index in [9.17, 15) is 4.79 Å². The summed E-state index contributed by atoms with van der Waals surface area (Å²) in [6.45, 7) is 1.56. The monoisotopic (exact) mass is 564 g/mol. The van der Waals surface area contributed by atoms with Crippen molar-refractivity contribution in [2.24, 2.45) is 4.99 Å². The lowest BCUT2D eigenvalue weighted by molar-refractivity contribution is 0.0827. The average molecular weight is 565 g/mol. The van der Waals surface area contributed by atoms with Gasteiger partial charge < -0.3 is 15.1 Å². The lowest BCUT2D eigenvalue weighted by Crippen LogP contribution is -2.39. The number of hydrogen-bond acceptors (Lipinski definition) is 3. The largest absolute Gasteiger partial charge is 0.356 e. The maximum absolute atomic E-state index is 12.1. The topological polar surface area (TPSA) is 47.9 Å². The fourth-order valence-corrected chi connectivity index (χ4v) is 4.10. The number of nitrogens with zero attached hydrogens (tertiary/aromatic N) is 3. The van der Waals surface area contributed by atoms with E-state index in [1.165, 1.54) is 4.88 Å². The summed E-state index contributed by atoms with van der Waals surface area (Å²) in [6, 6.07) is 12.0. The van der Waals surface area contributed by atoms with Gasteiger partial charge in [-0.15, -0.1) is 35.3 Å². The van der Waals surface area contributed by atoms with Gasteiger partial charge in [-0.3, -0.25) is 9.79 Å². The van der Waals surface area contributed by atoms with Crippen LogP contribution >= 0.6 is 51.2 Å². The average Bonchev–Trinajstić information content (AvgIpc) is 3.02. The Morgan fingerprint density at radius 1 is 1.22 bits per heavy atom. The van der Waals surface area contributed by atoms with Crippen LogP contribution in [0.15, 0.2) is 45.2 Å². The Morgan fingerprint density at radius 3 is 2.56 bits per heavy atom. The summed E-state index contributed by atoms with van der Waals surface area (Å²) in [6.07, 6.45) is 0.825. The highest BCUT2D eigenvalue weighted by molar-refractivity contribution is 14.0. The van der Waals surface area contributed by atoms with Crippen molar-refractivity contribution in [3.63, 3.8) is 0 Å². The first-order valence-corrected chi connectivity index (χ1v) is 9.98. The molecule has 0 saturated heterocycles. The Morgan fingerprint density at radius 2 is 1.96 bits per heavy atom. The summed E-state index contributed by atoms with van der Waals surface area (Å²) in [4.78, 5) is 21.4. The summed E-state index contributed by atoms with van der Waals surface area (Å²) < 4.78 is 1.14. The van der Waals surface area contributed by atoms with Gasteiger partial charge in [0.2, 0.25) is 0 Å². The normalized spacial score (nSPS) is 10.9. The van der Waals surface area contributed by atoms with Crippen LogP contribution in [0.5, 0.6) is 0 Å². The number of aliphatic imine (C=N–C) groups is 1. The Bertz CT molecular complexity index is 779. The number of rotatable bonds is 6. The van der Waals surface area contributed by atoms with Crippen molar-refractivity contribution in [1.29, 1.82) is 0 Å². The third-order valence-electron chi connectivity index (χ3n) is 3.87. The van der Waals surface area contributed by atoms with Gasteiger partial charge in [0.05, 0.1) is 10.3 Å². The van der Waals surface area contributed by atoms with Crippen LogP contribution in [0.3, 0.4) is 0 Å². The molecule has 148 valence electrons. The summed E-state index contributed by atoms with van der Waals surface area (Å²) >= 11 is 5.22. The molecule has 0 bridgehead atoms. The van der Waals surface area contributed by atoms with Crippen LogP contribution in [-0.4, -0.2) is 56.4 Å². The summed E-state index contributed by atoms with van der Waals surface area (Å²) in [7, 11) is 7.35. The van der Waals surface area contributed by atoms with Gasteiger partial charge >= 0.3 is 0 Å². The zero-order chi connectivity index (χ0) is 19.1. The van der Waals surface area contributed by atoms with E-state index in [1.54, 1.807) is 37.4 Å². The zero-order valence-corrected chi connectivity index (χ0v) is 20.8. The third-order valence-corrected chi connectivity index (χ3v) is 5.48. The molecule has 0 aliphatic carbocycles. The van der Waals surface area contributed by atoms with Gasteiger partial charge in [0.15, 0.2) is 5.96 Å². The number of hydrogen-bond donors (Lipinski definition) is 1.